The predicted molar refractivity (Wildman–Crippen MR) is 68.5 cm³/mol. The van der Waals surface area contributed by atoms with E-state index in [1.807, 2.05) is 43.9 Å². The Balaban J connectivity index is 3.11. The lowest BCUT2D eigenvalue weighted by Gasteiger charge is -2.20. The topological polar surface area (TPSA) is 20.3 Å². The van der Waals surface area contributed by atoms with Crippen LogP contribution in [0.3, 0.4) is 0 Å². The summed E-state index contributed by atoms with van der Waals surface area (Å²) in [6.07, 6.45) is 1.76. The van der Waals surface area contributed by atoms with Crippen molar-refractivity contribution in [3.63, 3.8) is 0 Å². The van der Waals surface area contributed by atoms with E-state index in [0.29, 0.717) is 0 Å². The largest absolute Gasteiger partial charge is 0.339 e. The van der Waals surface area contributed by atoms with Crippen molar-refractivity contribution in [3.8, 4) is 0 Å². The molecule has 0 heterocycles. The zero-order valence-electron chi connectivity index (χ0n) is 10.3. The van der Waals surface area contributed by atoms with E-state index >= 15 is 0 Å². The fraction of sp³-hybridized carbons (Fsp3) is 0.357. The molecule has 1 amide bonds. The van der Waals surface area contributed by atoms with Crippen LogP contribution in [0.4, 0.5) is 0 Å². The molecule has 1 rings (SSSR count). The third-order valence-corrected chi connectivity index (χ3v) is 2.78. The molecule has 0 aliphatic carbocycles. The van der Waals surface area contributed by atoms with Crippen molar-refractivity contribution in [2.24, 2.45) is 0 Å². The lowest BCUT2D eigenvalue weighted by molar-refractivity contribution is 0.0772. The van der Waals surface area contributed by atoms with E-state index in [-0.39, 0.29) is 5.91 Å². The quantitative estimate of drug-likeness (QED) is 0.758. The Labute approximate surface area is 97.6 Å². The van der Waals surface area contributed by atoms with Gasteiger partial charge in [0.15, 0.2) is 0 Å². The Kier molecular flexibility index (Phi) is 4.29. The van der Waals surface area contributed by atoms with E-state index in [2.05, 4.69) is 6.58 Å². The van der Waals surface area contributed by atoms with Gasteiger partial charge in [-0.1, -0.05) is 24.8 Å². The summed E-state index contributed by atoms with van der Waals surface area (Å²) < 4.78 is 0. The summed E-state index contributed by atoms with van der Waals surface area (Å²) in [6.45, 7) is 11.2. The summed E-state index contributed by atoms with van der Waals surface area (Å²) in [5.74, 6) is 0.103. The van der Waals surface area contributed by atoms with Crippen LogP contribution in [0, 0.1) is 6.92 Å². The van der Waals surface area contributed by atoms with E-state index in [1.54, 1.807) is 6.08 Å². The van der Waals surface area contributed by atoms with Gasteiger partial charge in [-0.25, -0.2) is 0 Å². The van der Waals surface area contributed by atoms with Crippen molar-refractivity contribution in [3.05, 3.63) is 41.5 Å². The van der Waals surface area contributed by atoms with Crippen LogP contribution in [0.2, 0.25) is 0 Å². The van der Waals surface area contributed by atoms with E-state index in [1.165, 1.54) is 0 Å². The van der Waals surface area contributed by atoms with Crippen LogP contribution in [-0.4, -0.2) is 23.9 Å². The fourth-order valence-corrected chi connectivity index (χ4v) is 1.68. The molecule has 0 aliphatic rings. The summed E-state index contributed by atoms with van der Waals surface area (Å²) in [5.41, 5.74) is 2.78. The summed E-state index contributed by atoms with van der Waals surface area (Å²) in [5, 5.41) is 0. The molecule has 0 unspecified atom stereocenters. The molecule has 0 spiro atoms. The highest BCUT2D eigenvalue weighted by molar-refractivity contribution is 5.96. The second-order valence-electron chi connectivity index (χ2n) is 3.76. The number of carbonyl (C=O) groups is 1. The summed E-state index contributed by atoms with van der Waals surface area (Å²) in [7, 11) is 0. The molecule has 0 saturated heterocycles. The molecule has 1 aromatic rings. The third kappa shape index (κ3) is 2.51. The van der Waals surface area contributed by atoms with Gasteiger partial charge in [-0.2, -0.15) is 0 Å². The molecule has 0 bridgehead atoms. The van der Waals surface area contributed by atoms with Gasteiger partial charge in [0.2, 0.25) is 0 Å². The number of carbonyl (C=O) groups excluding carboxylic acids is 1. The van der Waals surface area contributed by atoms with Crippen molar-refractivity contribution in [2.45, 2.75) is 20.8 Å². The summed E-state index contributed by atoms with van der Waals surface area (Å²) in [6, 6.07) is 5.85. The van der Waals surface area contributed by atoms with Crippen LogP contribution in [0.5, 0.6) is 0 Å². The minimum atomic E-state index is 0.103. The molecule has 0 atom stereocenters. The lowest BCUT2D eigenvalue weighted by atomic mass is 10.0. The molecule has 86 valence electrons. The van der Waals surface area contributed by atoms with Gasteiger partial charge in [0.1, 0.15) is 0 Å². The standard InChI is InChI=1S/C14H19NO/c1-5-12-9-8-11(4)13(10-12)14(16)15(6-2)7-3/h5,8-10H,1,6-7H2,2-4H3. The minimum Gasteiger partial charge on any atom is -0.339 e. The van der Waals surface area contributed by atoms with E-state index in [9.17, 15) is 4.79 Å². The maximum Gasteiger partial charge on any atom is 0.254 e. The molecule has 0 radical (unpaired) electrons. The number of amides is 1. The smallest absolute Gasteiger partial charge is 0.254 e. The molecule has 2 heteroatoms. The summed E-state index contributed by atoms with van der Waals surface area (Å²) >= 11 is 0. The Morgan fingerprint density at radius 3 is 2.50 bits per heavy atom. The molecule has 0 saturated carbocycles. The molecule has 0 aliphatic heterocycles. The van der Waals surface area contributed by atoms with Gasteiger partial charge >= 0.3 is 0 Å². The van der Waals surface area contributed by atoms with E-state index in [4.69, 9.17) is 0 Å². The van der Waals surface area contributed by atoms with Crippen molar-refractivity contribution in [1.29, 1.82) is 0 Å². The number of nitrogens with zero attached hydrogens (tertiary/aromatic N) is 1. The fourth-order valence-electron chi connectivity index (χ4n) is 1.68. The predicted octanol–water partition coefficient (Wildman–Crippen LogP) is 3.12. The number of aryl methyl sites for hydroxylation is 1. The first kappa shape index (κ1) is 12.5. The molecule has 1 aromatic carbocycles. The molecular formula is C14H19NO. The Morgan fingerprint density at radius 1 is 1.38 bits per heavy atom. The molecule has 0 fully saturated rings. The first-order valence-electron chi connectivity index (χ1n) is 5.66. The number of rotatable bonds is 4. The number of hydrogen-bond donors (Lipinski definition) is 0. The zero-order valence-corrected chi connectivity index (χ0v) is 10.3. The van der Waals surface area contributed by atoms with Crippen molar-refractivity contribution < 1.29 is 4.79 Å². The van der Waals surface area contributed by atoms with Gasteiger partial charge in [-0.3, -0.25) is 4.79 Å². The Hall–Kier alpha value is -1.57. The van der Waals surface area contributed by atoms with Crippen LogP contribution in [0.1, 0.15) is 35.3 Å². The first-order valence-corrected chi connectivity index (χ1v) is 5.66. The van der Waals surface area contributed by atoms with Gasteiger partial charge in [0.25, 0.3) is 5.91 Å². The van der Waals surface area contributed by atoms with Gasteiger partial charge in [0, 0.05) is 18.7 Å². The van der Waals surface area contributed by atoms with E-state index in [0.717, 1.165) is 29.8 Å². The van der Waals surface area contributed by atoms with E-state index < -0.39 is 0 Å². The molecule has 0 N–H and O–H groups in total. The second kappa shape index (κ2) is 5.50. The normalized spacial score (nSPS) is 9.94. The number of hydrogen-bond acceptors (Lipinski definition) is 1. The van der Waals surface area contributed by atoms with Crippen LogP contribution >= 0.6 is 0 Å². The first-order chi connectivity index (χ1) is 7.63. The van der Waals surface area contributed by atoms with Crippen LogP contribution in [0.15, 0.2) is 24.8 Å². The minimum absolute atomic E-state index is 0.103. The van der Waals surface area contributed by atoms with Crippen LogP contribution < -0.4 is 0 Å². The van der Waals surface area contributed by atoms with Crippen molar-refractivity contribution in [1.82, 2.24) is 4.90 Å². The molecule has 0 aromatic heterocycles. The molecule has 16 heavy (non-hydrogen) atoms. The SMILES string of the molecule is C=Cc1ccc(C)c(C(=O)N(CC)CC)c1. The Morgan fingerprint density at radius 2 is 2.00 bits per heavy atom. The maximum absolute atomic E-state index is 12.2. The highest BCUT2D eigenvalue weighted by atomic mass is 16.2. The highest BCUT2D eigenvalue weighted by Gasteiger charge is 2.14. The zero-order chi connectivity index (χ0) is 12.1. The average Bonchev–Trinajstić information content (AvgIpc) is 2.31. The number of benzene rings is 1. The van der Waals surface area contributed by atoms with Gasteiger partial charge in [0.05, 0.1) is 0 Å². The highest BCUT2D eigenvalue weighted by Crippen LogP contribution is 2.14. The Bertz CT molecular complexity index is 392. The van der Waals surface area contributed by atoms with Gasteiger partial charge in [-0.15, -0.1) is 0 Å². The van der Waals surface area contributed by atoms with Gasteiger partial charge < -0.3 is 4.90 Å². The van der Waals surface area contributed by atoms with Crippen molar-refractivity contribution in [2.75, 3.05) is 13.1 Å². The maximum atomic E-state index is 12.2. The van der Waals surface area contributed by atoms with Gasteiger partial charge in [-0.05, 0) is 38.0 Å². The second-order valence-corrected chi connectivity index (χ2v) is 3.76. The van der Waals surface area contributed by atoms with Crippen LogP contribution in [-0.2, 0) is 0 Å². The monoisotopic (exact) mass is 217 g/mol. The third-order valence-electron chi connectivity index (χ3n) is 2.78. The summed E-state index contributed by atoms with van der Waals surface area (Å²) in [4.78, 5) is 14.0. The molecule has 2 nitrogen and oxygen atoms in total. The molecular weight excluding hydrogens is 198 g/mol. The van der Waals surface area contributed by atoms with Crippen molar-refractivity contribution >= 4 is 12.0 Å². The lowest BCUT2D eigenvalue weighted by Crippen LogP contribution is -2.31. The van der Waals surface area contributed by atoms with Crippen LogP contribution in [0.25, 0.3) is 6.08 Å². The average molecular weight is 217 g/mol.